The molecular weight excluding hydrogens is 258 g/mol. The van der Waals surface area contributed by atoms with Gasteiger partial charge in [0.1, 0.15) is 10.8 Å². The van der Waals surface area contributed by atoms with E-state index in [2.05, 4.69) is 4.98 Å². The van der Waals surface area contributed by atoms with Gasteiger partial charge in [0.2, 0.25) is 0 Å². The van der Waals surface area contributed by atoms with Crippen LogP contribution in [0.4, 0.5) is 0 Å². The van der Waals surface area contributed by atoms with Gasteiger partial charge in [0.05, 0.1) is 15.8 Å². The summed E-state index contributed by atoms with van der Waals surface area (Å²) in [5, 5.41) is 10.8. The summed E-state index contributed by atoms with van der Waals surface area (Å²) in [7, 11) is 0. The predicted octanol–water partition coefficient (Wildman–Crippen LogP) is 3.95. The van der Waals surface area contributed by atoms with E-state index >= 15 is 0 Å². The largest absolute Gasteiger partial charge is 0.511 e. The van der Waals surface area contributed by atoms with E-state index in [9.17, 15) is 9.90 Å². The number of aliphatic hydroxyl groups is 1. The van der Waals surface area contributed by atoms with Crippen molar-refractivity contribution in [2.45, 2.75) is 26.7 Å². The molecule has 1 aliphatic rings. The van der Waals surface area contributed by atoms with Crippen LogP contribution in [-0.2, 0) is 4.79 Å². The molecule has 1 aliphatic carbocycles. The lowest BCUT2D eigenvalue weighted by Gasteiger charge is -2.28. The fourth-order valence-corrected chi connectivity index (χ4v) is 3.56. The Morgan fingerprint density at radius 3 is 2.68 bits per heavy atom. The van der Waals surface area contributed by atoms with Gasteiger partial charge in [0, 0.05) is 12.8 Å². The molecule has 1 heterocycles. The van der Waals surface area contributed by atoms with Crippen molar-refractivity contribution in [1.29, 1.82) is 0 Å². The molecule has 0 unspecified atom stereocenters. The lowest BCUT2D eigenvalue weighted by atomic mass is 9.77. The molecule has 98 valence electrons. The van der Waals surface area contributed by atoms with Crippen molar-refractivity contribution in [2.75, 3.05) is 0 Å². The first kappa shape index (κ1) is 12.4. The number of Topliss-reactive ketones (excluding diaryl/α,β-unsaturated/α-hetero) is 1. The van der Waals surface area contributed by atoms with Crippen molar-refractivity contribution in [2.24, 2.45) is 5.41 Å². The van der Waals surface area contributed by atoms with Crippen molar-refractivity contribution < 1.29 is 9.90 Å². The minimum atomic E-state index is -0.165. The highest BCUT2D eigenvalue weighted by atomic mass is 32.1. The fourth-order valence-electron chi connectivity index (χ4n) is 2.51. The van der Waals surface area contributed by atoms with E-state index in [1.807, 2.05) is 38.1 Å². The number of hydrogen-bond donors (Lipinski definition) is 1. The minimum absolute atomic E-state index is 0.00666. The average Bonchev–Trinajstić information content (AvgIpc) is 2.68. The van der Waals surface area contributed by atoms with Crippen LogP contribution in [0.1, 0.15) is 31.7 Å². The summed E-state index contributed by atoms with van der Waals surface area (Å²) in [6, 6.07) is 7.77. The van der Waals surface area contributed by atoms with Gasteiger partial charge in [-0.2, -0.15) is 0 Å². The van der Waals surface area contributed by atoms with Crippen molar-refractivity contribution in [3.05, 3.63) is 35.0 Å². The van der Waals surface area contributed by atoms with Crippen LogP contribution in [0.5, 0.6) is 0 Å². The molecule has 0 fully saturated rings. The van der Waals surface area contributed by atoms with E-state index in [0.717, 1.165) is 10.2 Å². The number of allylic oxidation sites excluding steroid dienone is 2. The summed E-state index contributed by atoms with van der Waals surface area (Å²) < 4.78 is 1.04. The summed E-state index contributed by atoms with van der Waals surface area (Å²) in [5.41, 5.74) is 1.13. The highest BCUT2D eigenvalue weighted by molar-refractivity contribution is 7.19. The molecule has 19 heavy (non-hydrogen) atoms. The molecule has 0 saturated carbocycles. The Morgan fingerprint density at radius 2 is 2.00 bits per heavy atom. The first-order valence-corrected chi connectivity index (χ1v) is 7.09. The van der Waals surface area contributed by atoms with E-state index in [-0.39, 0.29) is 17.0 Å². The van der Waals surface area contributed by atoms with Crippen LogP contribution in [0.25, 0.3) is 15.8 Å². The smallest absolute Gasteiger partial charge is 0.169 e. The Bertz CT molecular complexity index is 664. The highest BCUT2D eigenvalue weighted by Gasteiger charge is 2.34. The van der Waals surface area contributed by atoms with Gasteiger partial charge >= 0.3 is 0 Å². The molecule has 1 aromatic heterocycles. The normalized spacial score (nSPS) is 19.2. The molecule has 1 aromatic carbocycles. The second kappa shape index (κ2) is 4.17. The number of para-hydroxylation sites is 1. The standard InChI is InChI=1S/C15H15NO2S/c1-15(2)7-10(17)13(11(18)8-15)14-16-9-5-3-4-6-12(9)19-14/h3-6,17H,7-8H2,1-2H3. The molecule has 2 aromatic rings. The Kier molecular flexibility index (Phi) is 2.71. The van der Waals surface area contributed by atoms with Gasteiger partial charge in [-0.1, -0.05) is 26.0 Å². The third-order valence-electron chi connectivity index (χ3n) is 3.36. The summed E-state index contributed by atoms with van der Waals surface area (Å²) in [4.78, 5) is 16.7. The number of rotatable bonds is 1. The van der Waals surface area contributed by atoms with Gasteiger partial charge in [0.25, 0.3) is 0 Å². The second-order valence-corrected chi connectivity index (χ2v) is 6.78. The maximum absolute atomic E-state index is 12.2. The fraction of sp³-hybridized carbons (Fsp3) is 0.333. The van der Waals surface area contributed by atoms with E-state index in [1.165, 1.54) is 11.3 Å². The SMILES string of the molecule is CC1(C)CC(=O)C(c2nc3ccccc3s2)=C(O)C1. The quantitative estimate of drug-likeness (QED) is 0.855. The molecule has 0 bridgehead atoms. The van der Waals surface area contributed by atoms with E-state index in [0.29, 0.717) is 23.4 Å². The first-order chi connectivity index (χ1) is 8.96. The molecule has 4 heteroatoms. The van der Waals surface area contributed by atoms with Crippen LogP contribution in [0.2, 0.25) is 0 Å². The monoisotopic (exact) mass is 273 g/mol. The third-order valence-corrected chi connectivity index (χ3v) is 4.41. The number of benzene rings is 1. The van der Waals surface area contributed by atoms with Crippen LogP contribution in [-0.4, -0.2) is 15.9 Å². The molecule has 0 radical (unpaired) electrons. The Labute approximate surface area is 115 Å². The van der Waals surface area contributed by atoms with Crippen molar-refractivity contribution in [3.8, 4) is 0 Å². The Morgan fingerprint density at radius 1 is 1.26 bits per heavy atom. The lowest BCUT2D eigenvalue weighted by molar-refractivity contribution is -0.116. The maximum atomic E-state index is 12.2. The molecule has 0 aliphatic heterocycles. The number of aliphatic hydroxyl groups excluding tert-OH is 1. The molecule has 1 N–H and O–H groups in total. The topological polar surface area (TPSA) is 50.2 Å². The third kappa shape index (κ3) is 2.16. The predicted molar refractivity (Wildman–Crippen MR) is 77.2 cm³/mol. The molecule has 3 rings (SSSR count). The highest BCUT2D eigenvalue weighted by Crippen LogP contribution is 2.40. The molecule has 0 amide bonds. The number of nitrogens with zero attached hydrogens (tertiary/aromatic N) is 1. The summed E-state index contributed by atoms with van der Waals surface area (Å²) >= 11 is 1.46. The zero-order chi connectivity index (χ0) is 13.6. The number of aromatic nitrogens is 1. The van der Waals surface area contributed by atoms with E-state index in [4.69, 9.17) is 0 Å². The van der Waals surface area contributed by atoms with Crippen LogP contribution in [0.3, 0.4) is 0 Å². The van der Waals surface area contributed by atoms with E-state index < -0.39 is 0 Å². The van der Waals surface area contributed by atoms with Crippen molar-refractivity contribution >= 4 is 32.9 Å². The zero-order valence-corrected chi connectivity index (χ0v) is 11.8. The minimum Gasteiger partial charge on any atom is -0.511 e. The molecule has 3 nitrogen and oxygen atoms in total. The van der Waals surface area contributed by atoms with Gasteiger partial charge in [-0.25, -0.2) is 4.98 Å². The maximum Gasteiger partial charge on any atom is 0.169 e. The molecule has 0 spiro atoms. The summed E-state index contributed by atoms with van der Waals surface area (Å²) in [6.45, 7) is 3.99. The first-order valence-electron chi connectivity index (χ1n) is 6.27. The van der Waals surface area contributed by atoms with Crippen molar-refractivity contribution in [3.63, 3.8) is 0 Å². The van der Waals surface area contributed by atoms with Gasteiger partial charge in [-0.15, -0.1) is 11.3 Å². The number of ketones is 1. The molecule has 0 saturated heterocycles. The van der Waals surface area contributed by atoms with Crippen molar-refractivity contribution in [1.82, 2.24) is 4.98 Å². The number of thiazole rings is 1. The van der Waals surface area contributed by atoms with Gasteiger partial charge in [-0.05, 0) is 17.5 Å². The van der Waals surface area contributed by atoms with Gasteiger partial charge in [0.15, 0.2) is 5.78 Å². The number of hydrogen-bond acceptors (Lipinski definition) is 4. The lowest BCUT2D eigenvalue weighted by Crippen LogP contribution is -2.25. The molecular formula is C15H15NO2S. The molecule has 0 atom stereocenters. The Hall–Kier alpha value is -1.68. The van der Waals surface area contributed by atoms with E-state index in [1.54, 1.807) is 0 Å². The Balaban J connectivity index is 2.12. The average molecular weight is 273 g/mol. The summed E-state index contributed by atoms with van der Waals surface area (Å²) in [6.07, 6.45) is 0.992. The van der Waals surface area contributed by atoms with Crippen LogP contribution in [0, 0.1) is 5.41 Å². The second-order valence-electron chi connectivity index (χ2n) is 5.75. The summed E-state index contributed by atoms with van der Waals surface area (Å²) in [5.74, 6) is 0.174. The zero-order valence-electron chi connectivity index (χ0n) is 10.9. The van der Waals surface area contributed by atoms with Crippen LogP contribution in [0.15, 0.2) is 30.0 Å². The van der Waals surface area contributed by atoms with Crippen LogP contribution >= 0.6 is 11.3 Å². The number of carbonyl (C=O) groups is 1. The van der Waals surface area contributed by atoms with Gasteiger partial charge < -0.3 is 5.11 Å². The number of fused-ring (bicyclic) bond motifs is 1. The number of carbonyl (C=O) groups excluding carboxylic acids is 1. The van der Waals surface area contributed by atoms with Gasteiger partial charge in [-0.3, -0.25) is 4.79 Å². The van der Waals surface area contributed by atoms with Crippen LogP contribution < -0.4 is 0 Å².